The maximum Gasteiger partial charge on any atom is 0.328 e. The van der Waals surface area contributed by atoms with Crippen molar-refractivity contribution in [1.29, 1.82) is 0 Å². The van der Waals surface area contributed by atoms with E-state index in [0.717, 1.165) is 18.2 Å². The summed E-state index contributed by atoms with van der Waals surface area (Å²) in [7, 11) is 0. The molecule has 112 valence electrons. The molecule has 1 unspecified atom stereocenters. The molecule has 0 radical (unpaired) electrons. The van der Waals surface area contributed by atoms with Gasteiger partial charge in [-0.3, -0.25) is 4.79 Å². The van der Waals surface area contributed by atoms with Gasteiger partial charge in [-0.1, -0.05) is 0 Å². The minimum atomic E-state index is -1.18. The number of carboxylic acid groups (broad SMARTS) is 1. The van der Waals surface area contributed by atoms with Crippen LogP contribution in [0.3, 0.4) is 0 Å². The molecular formula is C14H14FNO5. The monoisotopic (exact) mass is 295 g/mol. The van der Waals surface area contributed by atoms with Gasteiger partial charge in [-0.2, -0.15) is 0 Å². The number of nitrogens with one attached hydrogen (secondary N) is 1. The lowest BCUT2D eigenvalue weighted by molar-refractivity contribution is -0.142. The number of rotatable bonds is 4. The first-order valence-corrected chi connectivity index (χ1v) is 6.27. The summed E-state index contributed by atoms with van der Waals surface area (Å²) in [4.78, 5) is 22.4. The van der Waals surface area contributed by atoms with E-state index in [1.807, 2.05) is 0 Å². The van der Waals surface area contributed by atoms with E-state index in [1.54, 1.807) is 0 Å². The van der Waals surface area contributed by atoms with Gasteiger partial charge in [0.25, 0.3) is 5.91 Å². The molecule has 2 N–H and O–H groups in total. The van der Waals surface area contributed by atoms with Gasteiger partial charge in [0.1, 0.15) is 5.82 Å². The van der Waals surface area contributed by atoms with Crippen molar-refractivity contribution in [2.75, 3.05) is 25.1 Å². The first-order valence-electron chi connectivity index (χ1n) is 6.27. The third-order valence-electron chi connectivity index (χ3n) is 2.78. The highest BCUT2D eigenvalue weighted by Gasteiger charge is 2.22. The lowest BCUT2D eigenvalue weighted by atomic mass is 10.1. The molecule has 0 saturated carbocycles. The van der Waals surface area contributed by atoms with E-state index in [2.05, 4.69) is 5.32 Å². The van der Waals surface area contributed by atoms with Crippen molar-refractivity contribution in [1.82, 2.24) is 0 Å². The molecule has 1 aliphatic rings. The molecule has 1 saturated heterocycles. The van der Waals surface area contributed by atoms with Crippen LogP contribution in [0.4, 0.5) is 10.1 Å². The number of carbonyl (C=O) groups excluding carboxylic acids is 1. The van der Waals surface area contributed by atoms with Crippen molar-refractivity contribution in [3.8, 4) is 0 Å². The fourth-order valence-electron chi connectivity index (χ4n) is 1.77. The van der Waals surface area contributed by atoms with Crippen LogP contribution in [0.2, 0.25) is 0 Å². The van der Waals surface area contributed by atoms with Crippen LogP contribution in [0.5, 0.6) is 0 Å². The van der Waals surface area contributed by atoms with E-state index in [4.69, 9.17) is 14.6 Å². The molecule has 1 amide bonds. The van der Waals surface area contributed by atoms with Crippen LogP contribution >= 0.6 is 0 Å². The number of aliphatic carboxylic acids is 1. The summed E-state index contributed by atoms with van der Waals surface area (Å²) in [6.45, 7) is 0.956. The number of amides is 1. The van der Waals surface area contributed by atoms with E-state index in [9.17, 15) is 14.0 Å². The van der Waals surface area contributed by atoms with E-state index >= 15 is 0 Å². The summed E-state index contributed by atoms with van der Waals surface area (Å²) in [5.74, 6) is -2.16. The minimum absolute atomic E-state index is 0.0658. The molecule has 1 aromatic carbocycles. The van der Waals surface area contributed by atoms with Gasteiger partial charge in [-0.15, -0.1) is 0 Å². The second-order valence-corrected chi connectivity index (χ2v) is 4.33. The van der Waals surface area contributed by atoms with Gasteiger partial charge >= 0.3 is 5.97 Å². The van der Waals surface area contributed by atoms with Gasteiger partial charge in [0, 0.05) is 17.3 Å². The number of anilines is 1. The van der Waals surface area contributed by atoms with Gasteiger partial charge in [0.15, 0.2) is 6.10 Å². The standard InChI is InChI=1S/C14H14FNO5/c15-11-3-2-10(7-9(11)1-4-13(17)18)16-14(19)12-8-20-5-6-21-12/h1-4,7,12H,5-6,8H2,(H,16,19)(H,17,18)/b4-1+. The molecule has 1 aromatic rings. The van der Waals surface area contributed by atoms with Crippen LogP contribution in [0, 0.1) is 5.82 Å². The van der Waals surface area contributed by atoms with Gasteiger partial charge in [-0.05, 0) is 24.3 Å². The first kappa shape index (κ1) is 15.1. The topological polar surface area (TPSA) is 84.9 Å². The van der Waals surface area contributed by atoms with Gasteiger partial charge in [-0.25, -0.2) is 9.18 Å². The Morgan fingerprint density at radius 2 is 2.19 bits per heavy atom. The zero-order chi connectivity index (χ0) is 15.2. The Morgan fingerprint density at radius 1 is 1.38 bits per heavy atom. The van der Waals surface area contributed by atoms with Crippen LogP contribution in [-0.2, 0) is 19.1 Å². The van der Waals surface area contributed by atoms with E-state index in [1.165, 1.54) is 12.1 Å². The van der Waals surface area contributed by atoms with E-state index in [-0.39, 0.29) is 12.2 Å². The predicted molar refractivity (Wildman–Crippen MR) is 72.3 cm³/mol. The fraction of sp³-hybridized carbons (Fsp3) is 0.286. The Labute approximate surface area is 120 Å². The smallest absolute Gasteiger partial charge is 0.328 e. The van der Waals surface area contributed by atoms with E-state index in [0.29, 0.717) is 18.9 Å². The number of carbonyl (C=O) groups is 2. The molecule has 7 heteroatoms. The van der Waals surface area contributed by atoms with Crippen LogP contribution < -0.4 is 5.32 Å². The number of hydrogen-bond acceptors (Lipinski definition) is 4. The second kappa shape index (κ2) is 6.96. The van der Waals surface area contributed by atoms with Crippen LogP contribution in [0.15, 0.2) is 24.3 Å². The molecule has 0 aliphatic carbocycles. The highest BCUT2D eigenvalue weighted by Crippen LogP contribution is 2.17. The maximum atomic E-state index is 13.5. The minimum Gasteiger partial charge on any atom is -0.478 e. The summed E-state index contributed by atoms with van der Waals surface area (Å²) in [6.07, 6.45) is 1.23. The molecule has 1 aliphatic heterocycles. The summed E-state index contributed by atoms with van der Waals surface area (Å²) >= 11 is 0. The zero-order valence-electron chi connectivity index (χ0n) is 11.0. The molecular weight excluding hydrogens is 281 g/mol. The van der Waals surface area contributed by atoms with Crippen LogP contribution in [-0.4, -0.2) is 42.9 Å². The Hall–Kier alpha value is -2.25. The lowest BCUT2D eigenvalue weighted by Crippen LogP contribution is -2.39. The van der Waals surface area contributed by atoms with Gasteiger partial charge < -0.3 is 19.9 Å². The van der Waals surface area contributed by atoms with Crippen LogP contribution in [0.1, 0.15) is 5.56 Å². The Kier molecular flexibility index (Phi) is 5.02. The number of benzene rings is 1. The normalized spacial score (nSPS) is 18.6. The third-order valence-corrected chi connectivity index (χ3v) is 2.78. The van der Waals surface area contributed by atoms with Crippen molar-refractivity contribution in [2.45, 2.75) is 6.10 Å². The number of halogens is 1. The molecule has 1 fully saturated rings. The summed E-state index contributed by atoms with van der Waals surface area (Å²) in [5.41, 5.74) is 0.414. The van der Waals surface area contributed by atoms with Crippen molar-refractivity contribution in [3.05, 3.63) is 35.7 Å². The summed E-state index contributed by atoms with van der Waals surface area (Å²) in [5, 5.41) is 11.1. The molecule has 0 aromatic heterocycles. The quantitative estimate of drug-likeness (QED) is 0.817. The average Bonchev–Trinajstić information content (AvgIpc) is 2.48. The SMILES string of the molecule is O=C(O)/C=C/c1cc(NC(=O)C2COCCO2)ccc1F. The molecule has 0 bridgehead atoms. The molecule has 21 heavy (non-hydrogen) atoms. The largest absolute Gasteiger partial charge is 0.478 e. The molecule has 1 heterocycles. The van der Waals surface area contributed by atoms with Crippen molar-refractivity contribution in [2.24, 2.45) is 0 Å². The van der Waals surface area contributed by atoms with Crippen LogP contribution in [0.25, 0.3) is 6.08 Å². The Balaban J connectivity index is 2.07. The number of hydrogen-bond donors (Lipinski definition) is 2. The molecule has 2 rings (SSSR count). The highest BCUT2D eigenvalue weighted by atomic mass is 19.1. The highest BCUT2D eigenvalue weighted by molar-refractivity contribution is 5.94. The third kappa shape index (κ3) is 4.37. The first-order chi connectivity index (χ1) is 10.1. The van der Waals surface area contributed by atoms with Crippen molar-refractivity contribution < 1.29 is 28.6 Å². The van der Waals surface area contributed by atoms with Gasteiger partial charge in [0.05, 0.1) is 19.8 Å². The predicted octanol–water partition coefficient (Wildman–Crippen LogP) is 1.28. The Morgan fingerprint density at radius 3 is 2.86 bits per heavy atom. The maximum absolute atomic E-state index is 13.5. The van der Waals surface area contributed by atoms with Gasteiger partial charge in [0.2, 0.25) is 0 Å². The summed E-state index contributed by atoms with van der Waals surface area (Å²) in [6, 6.07) is 3.88. The number of ether oxygens (including phenoxy) is 2. The summed E-state index contributed by atoms with van der Waals surface area (Å²) < 4.78 is 23.9. The van der Waals surface area contributed by atoms with E-state index < -0.39 is 23.8 Å². The number of carboxylic acids is 1. The lowest BCUT2D eigenvalue weighted by Gasteiger charge is -2.22. The molecule has 1 atom stereocenters. The Bertz CT molecular complexity index is 566. The van der Waals surface area contributed by atoms with Crippen molar-refractivity contribution in [3.63, 3.8) is 0 Å². The second-order valence-electron chi connectivity index (χ2n) is 4.33. The average molecular weight is 295 g/mol. The molecule has 0 spiro atoms. The zero-order valence-corrected chi connectivity index (χ0v) is 11.0. The van der Waals surface area contributed by atoms with Crippen molar-refractivity contribution >= 4 is 23.6 Å². The fourth-order valence-corrected chi connectivity index (χ4v) is 1.77. The molecule has 6 nitrogen and oxygen atoms in total.